The van der Waals surface area contributed by atoms with Crippen LogP contribution in [0.4, 0.5) is 0 Å². The van der Waals surface area contributed by atoms with E-state index < -0.39 is 0 Å². The fraction of sp³-hybridized carbons (Fsp3) is 0.125. The molecule has 0 bridgehead atoms. The number of nitrogens with two attached hydrogens (primary N) is 1. The van der Waals surface area contributed by atoms with Gasteiger partial charge >= 0.3 is 0 Å². The highest BCUT2D eigenvalue weighted by Gasteiger charge is 2.19. The second-order valence-electron chi connectivity index (χ2n) is 4.75. The Hall–Kier alpha value is -2.20. The minimum absolute atomic E-state index is 0.125. The molecule has 1 aromatic carbocycles. The topological polar surface area (TPSA) is 62.8 Å². The summed E-state index contributed by atoms with van der Waals surface area (Å²) in [5.74, 6) is 0.338. The summed E-state index contributed by atoms with van der Waals surface area (Å²) >= 11 is 1.74. The highest BCUT2D eigenvalue weighted by Crippen LogP contribution is 2.37. The molecule has 2 heterocycles. The maximum absolute atomic E-state index is 7.65. The van der Waals surface area contributed by atoms with Gasteiger partial charge in [-0.15, -0.1) is 11.3 Å². The zero-order chi connectivity index (χ0) is 13.9. The second-order valence-corrected chi connectivity index (χ2v) is 5.66. The van der Waals surface area contributed by atoms with Crippen LogP contribution in [0.2, 0.25) is 0 Å². The fourth-order valence-corrected chi connectivity index (χ4v) is 3.62. The van der Waals surface area contributed by atoms with Gasteiger partial charge in [-0.2, -0.15) is 0 Å². The first kappa shape index (κ1) is 12.8. The zero-order valence-corrected chi connectivity index (χ0v) is 11.7. The summed E-state index contributed by atoms with van der Waals surface area (Å²) in [4.78, 5) is 5.33. The van der Waals surface area contributed by atoms with Crippen molar-refractivity contribution in [1.82, 2.24) is 4.98 Å². The van der Waals surface area contributed by atoms with Gasteiger partial charge < -0.3 is 5.73 Å². The standard InChI is InChI=1S/C16H15N3S/c17-15(18)9-14(11-5-7-19-8-6-11)16-13-4-2-1-3-12(13)10-20-16/h1-8,10,14H,9H2,(H3,17,18). The highest BCUT2D eigenvalue weighted by molar-refractivity contribution is 7.11. The van der Waals surface area contributed by atoms with E-state index >= 15 is 0 Å². The van der Waals surface area contributed by atoms with E-state index in [2.05, 4.69) is 28.6 Å². The molecule has 4 heteroatoms. The van der Waals surface area contributed by atoms with Gasteiger partial charge in [0.15, 0.2) is 0 Å². The number of benzene rings is 1. The van der Waals surface area contributed by atoms with E-state index in [0.29, 0.717) is 6.42 Å². The van der Waals surface area contributed by atoms with Gasteiger partial charge in [-0.25, -0.2) is 0 Å². The maximum atomic E-state index is 7.65. The molecular weight excluding hydrogens is 266 g/mol. The number of nitrogens with zero attached hydrogens (tertiary/aromatic N) is 1. The van der Waals surface area contributed by atoms with Crippen molar-refractivity contribution >= 4 is 27.9 Å². The normalized spacial score (nSPS) is 12.4. The van der Waals surface area contributed by atoms with Crippen molar-refractivity contribution in [3.05, 3.63) is 64.6 Å². The molecule has 0 saturated heterocycles. The molecule has 1 unspecified atom stereocenters. The summed E-state index contributed by atoms with van der Waals surface area (Å²) in [6, 6.07) is 12.4. The minimum atomic E-state index is 0.125. The fourth-order valence-electron chi connectivity index (χ4n) is 2.46. The molecule has 20 heavy (non-hydrogen) atoms. The lowest BCUT2D eigenvalue weighted by Gasteiger charge is -2.16. The number of hydrogen-bond donors (Lipinski definition) is 2. The van der Waals surface area contributed by atoms with Crippen LogP contribution in [0.15, 0.2) is 54.2 Å². The Morgan fingerprint density at radius 2 is 1.95 bits per heavy atom. The lowest BCUT2D eigenvalue weighted by Crippen LogP contribution is -2.15. The van der Waals surface area contributed by atoms with E-state index in [-0.39, 0.29) is 11.8 Å². The van der Waals surface area contributed by atoms with Crippen LogP contribution in [-0.4, -0.2) is 10.8 Å². The van der Waals surface area contributed by atoms with Crippen molar-refractivity contribution in [3.8, 4) is 0 Å². The Morgan fingerprint density at radius 3 is 2.70 bits per heavy atom. The lowest BCUT2D eigenvalue weighted by atomic mass is 9.92. The summed E-state index contributed by atoms with van der Waals surface area (Å²) < 4.78 is 0. The average molecular weight is 281 g/mol. The highest BCUT2D eigenvalue weighted by atomic mass is 32.1. The van der Waals surface area contributed by atoms with Gasteiger partial charge in [0.1, 0.15) is 0 Å². The lowest BCUT2D eigenvalue weighted by molar-refractivity contribution is 0.868. The molecule has 1 atom stereocenters. The SMILES string of the molecule is N=C(N)CC(c1ccncc1)c1scc2ccccc12. The van der Waals surface area contributed by atoms with Gasteiger partial charge in [0.25, 0.3) is 0 Å². The van der Waals surface area contributed by atoms with Crippen LogP contribution in [0.3, 0.4) is 0 Å². The average Bonchev–Trinajstić information content (AvgIpc) is 2.89. The minimum Gasteiger partial charge on any atom is -0.388 e. The maximum Gasteiger partial charge on any atom is 0.0915 e. The number of fused-ring (bicyclic) bond motifs is 1. The number of rotatable bonds is 4. The molecule has 3 aromatic rings. The molecule has 0 aliphatic carbocycles. The molecule has 0 amide bonds. The number of thiophene rings is 1. The van der Waals surface area contributed by atoms with Crippen molar-refractivity contribution in [2.45, 2.75) is 12.3 Å². The van der Waals surface area contributed by atoms with Gasteiger partial charge in [0, 0.05) is 29.6 Å². The molecule has 0 aliphatic heterocycles. The van der Waals surface area contributed by atoms with E-state index in [1.807, 2.05) is 18.2 Å². The first-order valence-corrected chi connectivity index (χ1v) is 7.32. The molecule has 3 nitrogen and oxygen atoms in total. The van der Waals surface area contributed by atoms with Crippen LogP contribution < -0.4 is 5.73 Å². The summed E-state index contributed by atoms with van der Waals surface area (Å²) in [6.07, 6.45) is 4.12. The molecule has 2 aromatic heterocycles. The van der Waals surface area contributed by atoms with Crippen molar-refractivity contribution in [2.75, 3.05) is 0 Å². The van der Waals surface area contributed by atoms with Gasteiger partial charge in [0.05, 0.1) is 5.84 Å². The third kappa shape index (κ3) is 2.42. The zero-order valence-electron chi connectivity index (χ0n) is 10.9. The number of pyridine rings is 1. The molecule has 0 aliphatic rings. The number of aromatic nitrogens is 1. The molecule has 0 fully saturated rings. The largest absolute Gasteiger partial charge is 0.388 e. The summed E-state index contributed by atoms with van der Waals surface area (Å²) in [6.45, 7) is 0. The van der Waals surface area contributed by atoms with Crippen LogP contribution in [-0.2, 0) is 0 Å². The first-order valence-electron chi connectivity index (χ1n) is 6.44. The molecule has 3 rings (SSSR count). The Kier molecular flexibility index (Phi) is 3.48. The van der Waals surface area contributed by atoms with Gasteiger partial charge in [0.2, 0.25) is 0 Å². The third-order valence-electron chi connectivity index (χ3n) is 3.39. The van der Waals surface area contributed by atoms with Crippen molar-refractivity contribution in [3.63, 3.8) is 0 Å². The summed E-state index contributed by atoms with van der Waals surface area (Å²) in [7, 11) is 0. The Labute approximate surface area is 121 Å². The van der Waals surface area contributed by atoms with E-state index in [9.17, 15) is 0 Å². The number of nitrogens with one attached hydrogen (secondary N) is 1. The second kappa shape index (κ2) is 5.43. The molecular formula is C16H15N3S. The molecule has 0 radical (unpaired) electrons. The smallest absolute Gasteiger partial charge is 0.0915 e. The predicted octanol–water partition coefficient (Wildman–Crippen LogP) is 3.75. The van der Waals surface area contributed by atoms with Crippen LogP contribution in [0.5, 0.6) is 0 Å². The molecule has 3 N–H and O–H groups in total. The monoisotopic (exact) mass is 281 g/mol. The molecule has 0 spiro atoms. The van der Waals surface area contributed by atoms with Gasteiger partial charge in [-0.1, -0.05) is 24.3 Å². The van der Waals surface area contributed by atoms with Crippen molar-refractivity contribution in [2.24, 2.45) is 5.73 Å². The quantitative estimate of drug-likeness (QED) is 0.565. The molecule has 100 valence electrons. The van der Waals surface area contributed by atoms with Gasteiger partial charge in [-0.3, -0.25) is 10.4 Å². The number of amidine groups is 1. The Balaban J connectivity index is 2.12. The Bertz CT molecular complexity index is 734. The van der Waals surface area contributed by atoms with E-state index in [1.165, 1.54) is 15.6 Å². The van der Waals surface area contributed by atoms with Crippen LogP contribution in [0, 0.1) is 5.41 Å². The number of hydrogen-bond acceptors (Lipinski definition) is 3. The molecule has 0 saturated carbocycles. The van der Waals surface area contributed by atoms with Crippen LogP contribution in [0.1, 0.15) is 22.8 Å². The van der Waals surface area contributed by atoms with Crippen LogP contribution >= 0.6 is 11.3 Å². The van der Waals surface area contributed by atoms with E-state index in [4.69, 9.17) is 11.1 Å². The van der Waals surface area contributed by atoms with Crippen LogP contribution in [0.25, 0.3) is 10.8 Å². The summed E-state index contributed by atoms with van der Waals surface area (Å²) in [5.41, 5.74) is 6.81. The van der Waals surface area contributed by atoms with E-state index in [0.717, 1.165) is 5.56 Å². The summed E-state index contributed by atoms with van der Waals surface area (Å²) in [5, 5.41) is 12.3. The van der Waals surface area contributed by atoms with Gasteiger partial charge in [-0.05, 0) is 33.8 Å². The van der Waals surface area contributed by atoms with Crippen molar-refractivity contribution < 1.29 is 0 Å². The predicted molar refractivity (Wildman–Crippen MR) is 84.4 cm³/mol. The Morgan fingerprint density at radius 1 is 1.20 bits per heavy atom. The van der Waals surface area contributed by atoms with Crippen molar-refractivity contribution in [1.29, 1.82) is 5.41 Å². The van der Waals surface area contributed by atoms with E-state index in [1.54, 1.807) is 23.7 Å². The first-order chi connectivity index (χ1) is 9.75. The third-order valence-corrected chi connectivity index (χ3v) is 4.52.